The lowest BCUT2D eigenvalue weighted by molar-refractivity contribution is 0.00578. The molecule has 1 aromatic carbocycles. The molecule has 1 aliphatic heterocycles. The van der Waals surface area contributed by atoms with Crippen LogP contribution in [0.15, 0.2) is 28.4 Å². The van der Waals surface area contributed by atoms with Crippen LogP contribution in [0.2, 0.25) is 0 Å². The number of hydrogen-bond donors (Lipinski definition) is 0. The molecule has 0 bridgehead atoms. The van der Waals surface area contributed by atoms with Gasteiger partial charge >= 0.3 is 7.12 Å². The monoisotopic (exact) mass is 352 g/mol. The first kappa shape index (κ1) is 15.3. The standard InChI is InChI=1S/C16H19BBrFO2/c1-15(2)16(3,4)21-17(20-15)14(19)12-8-6-10-5-7-11(18)9-13(10)12/h5,7,9H,6,8H2,1-4H3. The fourth-order valence-corrected chi connectivity index (χ4v) is 3.14. The van der Waals surface area contributed by atoms with Gasteiger partial charge in [-0.1, -0.05) is 22.0 Å². The SMILES string of the molecule is CC1(C)OB(C(F)=C2CCc3ccc(Br)cc32)OC1(C)C. The van der Waals surface area contributed by atoms with Crippen molar-refractivity contribution in [3.05, 3.63) is 39.5 Å². The number of halogens is 2. The molecule has 1 aromatic rings. The van der Waals surface area contributed by atoms with Crippen LogP contribution in [0, 0.1) is 0 Å². The first-order chi connectivity index (χ1) is 9.71. The Morgan fingerprint density at radius 2 is 1.76 bits per heavy atom. The maximum atomic E-state index is 14.9. The number of hydrogen-bond acceptors (Lipinski definition) is 2. The third-order valence-corrected chi connectivity index (χ3v) is 5.28. The largest absolute Gasteiger partial charge is 0.525 e. The molecule has 1 saturated heterocycles. The highest BCUT2D eigenvalue weighted by atomic mass is 79.9. The predicted octanol–water partition coefficient (Wildman–Crippen LogP) is 4.71. The average molecular weight is 353 g/mol. The molecular weight excluding hydrogens is 334 g/mol. The normalized spacial score (nSPS) is 25.1. The molecule has 112 valence electrons. The lowest BCUT2D eigenvalue weighted by Crippen LogP contribution is -2.41. The summed E-state index contributed by atoms with van der Waals surface area (Å²) in [5, 5.41) is 0. The molecule has 1 fully saturated rings. The molecule has 3 rings (SSSR count). The van der Waals surface area contributed by atoms with Crippen LogP contribution in [0.4, 0.5) is 4.39 Å². The van der Waals surface area contributed by atoms with Crippen molar-refractivity contribution in [2.75, 3.05) is 0 Å². The van der Waals surface area contributed by atoms with Crippen LogP contribution in [-0.4, -0.2) is 18.3 Å². The van der Waals surface area contributed by atoms with E-state index in [0.717, 1.165) is 16.5 Å². The van der Waals surface area contributed by atoms with Gasteiger partial charge in [-0.05, 0) is 69.4 Å². The van der Waals surface area contributed by atoms with E-state index in [1.54, 1.807) is 0 Å². The molecule has 0 spiro atoms. The summed E-state index contributed by atoms with van der Waals surface area (Å²) in [6.45, 7) is 7.74. The third-order valence-electron chi connectivity index (χ3n) is 4.79. The molecule has 0 radical (unpaired) electrons. The highest BCUT2D eigenvalue weighted by Crippen LogP contribution is 2.43. The van der Waals surface area contributed by atoms with Crippen molar-refractivity contribution in [2.24, 2.45) is 0 Å². The van der Waals surface area contributed by atoms with Gasteiger partial charge in [0, 0.05) is 4.47 Å². The zero-order chi connectivity index (χ0) is 15.4. The molecule has 0 aromatic heterocycles. The van der Waals surface area contributed by atoms with Gasteiger partial charge in [0.1, 0.15) is 5.73 Å². The topological polar surface area (TPSA) is 18.5 Å². The van der Waals surface area contributed by atoms with Crippen molar-refractivity contribution < 1.29 is 13.7 Å². The summed E-state index contributed by atoms with van der Waals surface area (Å²) in [4.78, 5) is 0. The highest BCUT2D eigenvalue weighted by Gasteiger charge is 2.53. The summed E-state index contributed by atoms with van der Waals surface area (Å²) in [6, 6.07) is 6.01. The van der Waals surface area contributed by atoms with Gasteiger partial charge in [-0.3, -0.25) is 0 Å². The van der Waals surface area contributed by atoms with Crippen LogP contribution in [0.1, 0.15) is 45.2 Å². The summed E-state index contributed by atoms with van der Waals surface area (Å²) in [5.74, 6) is 0. The van der Waals surface area contributed by atoms with Gasteiger partial charge in [0.15, 0.2) is 0 Å². The van der Waals surface area contributed by atoms with Gasteiger partial charge in [-0.2, -0.15) is 0 Å². The quantitative estimate of drug-likeness (QED) is 0.681. The Kier molecular flexibility index (Phi) is 3.58. The van der Waals surface area contributed by atoms with Crippen molar-refractivity contribution in [2.45, 2.75) is 51.7 Å². The van der Waals surface area contributed by atoms with Gasteiger partial charge in [0.2, 0.25) is 0 Å². The minimum Gasteiger partial charge on any atom is -0.398 e. The Morgan fingerprint density at radius 3 is 2.38 bits per heavy atom. The summed E-state index contributed by atoms with van der Waals surface area (Å²) in [6.07, 6.45) is 1.56. The van der Waals surface area contributed by atoms with Gasteiger partial charge < -0.3 is 9.31 Å². The average Bonchev–Trinajstić information content (AvgIpc) is 2.87. The Morgan fingerprint density at radius 1 is 1.14 bits per heavy atom. The van der Waals surface area contributed by atoms with Crippen molar-refractivity contribution in [1.82, 2.24) is 0 Å². The molecule has 0 saturated carbocycles. The van der Waals surface area contributed by atoms with Gasteiger partial charge in [0.25, 0.3) is 0 Å². The van der Waals surface area contributed by atoms with E-state index in [1.807, 2.05) is 45.9 Å². The van der Waals surface area contributed by atoms with Gasteiger partial charge in [-0.15, -0.1) is 0 Å². The lowest BCUT2D eigenvalue weighted by atomic mass is 9.83. The molecule has 1 heterocycles. The minimum atomic E-state index is -0.907. The fourth-order valence-electron chi connectivity index (χ4n) is 2.78. The second kappa shape index (κ2) is 4.93. The van der Waals surface area contributed by atoms with E-state index in [4.69, 9.17) is 9.31 Å². The van der Waals surface area contributed by atoms with E-state index in [-0.39, 0.29) is 5.73 Å². The Hall–Kier alpha value is -0.645. The molecule has 0 atom stereocenters. The number of allylic oxidation sites excluding steroid dienone is 1. The zero-order valence-corrected chi connectivity index (χ0v) is 14.4. The van der Waals surface area contributed by atoms with Crippen LogP contribution in [-0.2, 0) is 15.7 Å². The lowest BCUT2D eigenvalue weighted by Gasteiger charge is -2.32. The number of fused-ring (bicyclic) bond motifs is 1. The molecule has 1 aliphatic carbocycles. The fraction of sp³-hybridized carbons (Fsp3) is 0.500. The molecule has 2 nitrogen and oxygen atoms in total. The molecule has 0 unspecified atom stereocenters. The number of aryl methyl sites for hydroxylation is 1. The van der Waals surface area contributed by atoms with Crippen LogP contribution in [0.5, 0.6) is 0 Å². The smallest absolute Gasteiger partial charge is 0.398 e. The van der Waals surface area contributed by atoms with Crippen LogP contribution >= 0.6 is 15.9 Å². The highest BCUT2D eigenvalue weighted by molar-refractivity contribution is 9.10. The molecule has 21 heavy (non-hydrogen) atoms. The van der Waals surface area contributed by atoms with Crippen LogP contribution in [0.3, 0.4) is 0 Å². The molecule has 0 amide bonds. The third kappa shape index (κ3) is 2.49. The predicted molar refractivity (Wildman–Crippen MR) is 86.6 cm³/mol. The van der Waals surface area contributed by atoms with Crippen molar-refractivity contribution in [3.8, 4) is 0 Å². The molecule has 2 aliphatic rings. The van der Waals surface area contributed by atoms with Crippen LogP contribution in [0.25, 0.3) is 5.57 Å². The van der Waals surface area contributed by atoms with E-state index < -0.39 is 18.3 Å². The van der Waals surface area contributed by atoms with E-state index >= 15 is 0 Å². The Labute approximate surface area is 134 Å². The Bertz CT molecular complexity index is 609. The summed E-state index contributed by atoms with van der Waals surface area (Å²) in [5.41, 5.74) is 1.54. The minimum absolute atomic E-state index is 0.287. The summed E-state index contributed by atoms with van der Waals surface area (Å²) >= 11 is 3.45. The van der Waals surface area contributed by atoms with E-state index in [2.05, 4.69) is 15.9 Å². The number of benzene rings is 1. The van der Waals surface area contributed by atoms with E-state index in [1.165, 1.54) is 5.56 Å². The van der Waals surface area contributed by atoms with Crippen molar-refractivity contribution in [1.29, 1.82) is 0 Å². The molecule has 0 N–H and O–H groups in total. The second-order valence-electron chi connectivity index (χ2n) is 6.72. The number of rotatable bonds is 1. The first-order valence-corrected chi connectivity index (χ1v) is 8.03. The maximum Gasteiger partial charge on any atom is 0.525 e. The van der Waals surface area contributed by atoms with Gasteiger partial charge in [-0.25, -0.2) is 4.39 Å². The van der Waals surface area contributed by atoms with Crippen molar-refractivity contribution in [3.63, 3.8) is 0 Å². The zero-order valence-electron chi connectivity index (χ0n) is 12.8. The van der Waals surface area contributed by atoms with Gasteiger partial charge in [0.05, 0.1) is 11.2 Å². The van der Waals surface area contributed by atoms with Crippen molar-refractivity contribution >= 4 is 28.6 Å². The molecular formula is C16H19BBrFO2. The maximum absolute atomic E-state index is 14.9. The molecule has 5 heteroatoms. The summed E-state index contributed by atoms with van der Waals surface area (Å²) in [7, 11) is -0.907. The Balaban J connectivity index is 1.97. The second-order valence-corrected chi connectivity index (χ2v) is 7.63. The van der Waals surface area contributed by atoms with Crippen LogP contribution < -0.4 is 0 Å². The summed E-state index contributed by atoms with van der Waals surface area (Å²) < 4.78 is 27.5. The van der Waals surface area contributed by atoms with E-state index in [0.29, 0.717) is 12.0 Å². The van der Waals surface area contributed by atoms with E-state index in [9.17, 15) is 4.39 Å². The first-order valence-electron chi connectivity index (χ1n) is 7.24.